The highest BCUT2D eigenvalue weighted by molar-refractivity contribution is 7.92. The Bertz CT molecular complexity index is 724. The number of benzene rings is 1. The zero-order valence-corrected chi connectivity index (χ0v) is 13.3. The average molecular weight is 324 g/mol. The Morgan fingerprint density at radius 1 is 1.19 bits per heavy atom. The van der Waals surface area contributed by atoms with Crippen molar-refractivity contribution in [2.75, 3.05) is 16.3 Å². The lowest BCUT2D eigenvalue weighted by atomic mass is 10.1. The quantitative estimate of drug-likeness (QED) is 0.888. The van der Waals surface area contributed by atoms with Crippen LogP contribution in [-0.4, -0.2) is 20.6 Å². The second kappa shape index (κ2) is 6.28. The van der Waals surface area contributed by atoms with Crippen molar-refractivity contribution in [2.45, 2.75) is 12.8 Å². The average Bonchev–Trinajstić information content (AvgIpc) is 2.89. The van der Waals surface area contributed by atoms with E-state index in [9.17, 15) is 13.2 Å². The highest BCUT2D eigenvalue weighted by Gasteiger charge is 2.16. The van der Waals surface area contributed by atoms with Crippen molar-refractivity contribution in [3.05, 3.63) is 46.7 Å². The van der Waals surface area contributed by atoms with Gasteiger partial charge in [0.05, 0.1) is 17.9 Å². The number of thiophene rings is 1. The van der Waals surface area contributed by atoms with Crippen LogP contribution in [0.3, 0.4) is 0 Å². The van der Waals surface area contributed by atoms with Crippen molar-refractivity contribution < 1.29 is 13.2 Å². The maximum Gasteiger partial charge on any atom is 0.232 e. The first-order valence-electron chi connectivity index (χ1n) is 6.27. The first kappa shape index (κ1) is 15.5. The molecule has 0 saturated heterocycles. The van der Waals surface area contributed by atoms with Crippen molar-refractivity contribution >= 4 is 38.6 Å². The van der Waals surface area contributed by atoms with Gasteiger partial charge >= 0.3 is 0 Å². The summed E-state index contributed by atoms with van der Waals surface area (Å²) in [5, 5.41) is 4.72. The number of rotatable bonds is 5. The monoisotopic (exact) mass is 324 g/mol. The Morgan fingerprint density at radius 2 is 1.90 bits per heavy atom. The highest BCUT2D eigenvalue weighted by atomic mass is 32.2. The summed E-state index contributed by atoms with van der Waals surface area (Å²) in [7, 11) is -3.34. The largest absolute Gasteiger partial charge is 0.325 e. The molecule has 1 heterocycles. The minimum absolute atomic E-state index is 0.131. The molecule has 0 bridgehead atoms. The lowest BCUT2D eigenvalue weighted by molar-refractivity contribution is -0.117. The van der Waals surface area contributed by atoms with Crippen LogP contribution >= 0.6 is 11.3 Å². The number of nitrogens with one attached hydrogen (secondary N) is 2. The van der Waals surface area contributed by atoms with Gasteiger partial charge in [-0.2, -0.15) is 0 Å². The first-order valence-corrected chi connectivity index (χ1v) is 9.04. The Balaban J connectivity index is 2.09. The molecule has 1 atom stereocenters. The normalized spacial score (nSPS) is 12.7. The van der Waals surface area contributed by atoms with Crippen LogP contribution in [-0.2, 0) is 14.8 Å². The Kier molecular flexibility index (Phi) is 4.64. The van der Waals surface area contributed by atoms with Crippen molar-refractivity contribution in [3.8, 4) is 0 Å². The molecule has 2 rings (SSSR count). The molecule has 0 saturated carbocycles. The van der Waals surface area contributed by atoms with Gasteiger partial charge in [-0.25, -0.2) is 8.42 Å². The van der Waals surface area contributed by atoms with Crippen LogP contribution in [0.2, 0.25) is 0 Å². The Labute approximate surface area is 128 Å². The molecule has 0 spiro atoms. The van der Waals surface area contributed by atoms with Gasteiger partial charge in [0.1, 0.15) is 0 Å². The van der Waals surface area contributed by atoms with Crippen LogP contribution in [0.4, 0.5) is 11.4 Å². The number of carbonyl (C=O) groups is 1. The molecular formula is C14H16N2O3S2. The third-order valence-corrected chi connectivity index (χ3v) is 4.46. The van der Waals surface area contributed by atoms with Gasteiger partial charge in [-0.1, -0.05) is 12.1 Å². The molecule has 0 aliphatic carbocycles. The van der Waals surface area contributed by atoms with Crippen LogP contribution in [0.25, 0.3) is 0 Å². The maximum absolute atomic E-state index is 12.2. The maximum atomic E-state index is 12.2. The van der Waals surface area contributed by atoms with Gasteiger partial charge in [-0.05, 0) is 36.6 Å². The van der Waals surface area contributed by atoms with Gasteiger partial charge in [-0.15, -0.1) is 11.3 Å². The van der Waals surface area contributed by atoms with Gasteiger partial charge in [-0.3, -0.25) is 9.52 Å². The first-order chi connectivity index (χ1) is 9.85. The molecular weight excluding hydrogens is 308 g/mol. The summed E-state index contributed by atoms with van der Waals surface area (Å²) in [6.45, 7) is 1.83. The fraction of sp³-hybridized carbons (Fsp3) is 0.214. The number of hydrogen-bond acceptors (Lipinski definition) is 4. The second-order valence-electron chi connectivity index (χ2n) is 4.68. The van der Waals surface area contributed by atoms with Crippen molar-refractivity contribution in [1.82, 2.24) is 0 Å². The number of sulfonamides is 1. The number of amides is 1. The molecule has 2 aromatic rings. The lowest BCUT2D eigenvalue weighted by Gasteiger charge is -2.12. The molecule has 0 aliphatic rings. The van der Waals surface area contributed by atoms with Crippen LogP contribution < -0.4 is 10.0 Å². The van der Waals surface area contributed by atoms with E-state index in [0.717, 1.165) is 11.1 Å². The van der Waals surface area contributed by atoms with E-state index in [4.69, 9.17) is 0 Å². The van der Waals surface area contributed by atoms with E-state index in [1.54, 1.807) is 24.3 Å². The summed E-state index contributed by atoms with van der Waals surface area (Å²) in [6, 6.07) is 10.4. The molecule has 0 unspecified atom stereocenters. The second-order valence-corrected chi connectivity index (χ2v) is 7.41. The van der Waals surface area contributed by atoms with E-state index in [1.165, 1.54) is 11.3 Å². The van der Waals surface area contributed by atoms with Gasteiger partial charge in [0.2, 0.25) is 15.9 Å². The predicted molar refractivity (Wildman–Crippen MR) is 86.3 cm³/mol. The van der Waals surface area contributed by atoms with Crippen molar-refractivity contribution in [1.29, 1.82) is 0 Å². The summed E-state index contributed by atoms with van der Waals surface area (Å²) in [5.74, 6) is -0.384. The van der Waals surface area contributed by atoms with E-state index in [0.29, 0.717) is 11.4 Å². The molecule has 1 amide bonds. The predicted octanol–water partition coefficient (Wildman–Crippen LogP) is 2.86. The zero-order chi connectivity index (χ0) is 15.5. The highest BCUT2D eigenvalue weighted by Crippen LogP contribution is 2.23. The van der Waals surface area contributed by atoms with E-state index < -0.39 is 10.0 Å². The van der Waals surface area contributed by atoms with Crippen molar-refractivity contribution in [3.63, 3.8) is 0 Å². The Hall–Kier alpha value is -1.86. The summed E-state index contributed by atoms with van der Waals surface area (Å²) in [4.78, 5) is 13.1. The summed E-state index contributed by atoms with van der Waals surface area (Å²) in [5.41, 5.74) is 0.969. The third-order valence-electron chi connectivity index (χ3n) is 2.80. The molecule has 0 aliphatic heterocycles. The number of anilines is 2. The van der Waals surface area contributed by atoms with Crippen LogP contribution in [0.15, 0.2) is 41.8 Å². The number of carbonyl (C=O) groups excluding carboxylic acids is 1. The standard InChI is InChI=1S/C14H16N2O3S2/c1-10(13-7-4-8-20-13)14(17)15-11-5-3-6-12(9-11)16-21(2,18)19/h3-10,16H,1-2H3,(H,15,17)/t10-/m0/s1. The fourth-order valence-corrected chi connectivity index (χ4v) is 3.13. The van der Waals surface area contributed by atoms with E-state index in [2.05, 4.69) is 10.0 Å². The molecule has 1 aromatic heterocycles. The smallest absolute Gasteiger partial charge is 0.232 e. The van der Waals surface area contributed by atoms with Gasteiger partial charge in [0.25, 0.3) is 0 Å². The molecule has 5 nitrogen and oxygen atoms in total. The SMILES string of the molecule is C[C@H](C(=O)Nc1cccc(NS(C)(=O)=O)c1)c1cccs1. The minimum Gasteiger partial charge on any atom is -0.325 e. The zero-order valence-electron chi connectivity index (χ0n) is 11.7. The minimum atomic E-state index is -3.34. The van der Waals surface area contributed by atoms with Crippen molar-refractivity contribution in [2.24, 2.45) is 0 Å². The summed E-state index contributed by atoms with van der Waals surface area (Å²) < 4.78 is 24.8. The molecule has 21 heavy (non-hydrogen) atoms. The van der Waals surface area contributed by atoms with E-state index >= 15 is 0 Å². The van der Waals surface area contributed by atoms with E-state index in [-0.39, 0.29) is 11.8 Å². The summed E-state index contributed by atoms with van der Waals surface area (Å²) >= 11 is 1.53. The lowest BCUT2D eigenvalue weighted by Crippen LogP contribution is -2.18. The fourth-order valence-electron chi connectivity index (χ4n) is 1.79. The topological polar surface area (TPSA) is 75.3 Å². The van der Waals surface area contributed by atoms with Crippen LogP contribution in [0.1, 0.15) is 17.7 Å². The Morgan fingerprint density at radius 3 is 2.52 bits per heavy atom. The molecule has 0 radical (unpaired) electrons. The number of hydrogen-bond donors (Lipinski definition) is 2. The van der Waals surface area contributed by atoms with Crippen LogP contribution in [0, 0.1) is 0 Å². The third kappa shape index (κ3) is 4.57. The molecule has 7 heteroatoms. The summed E-state index contributed by atoms with van der Waals surface area (Å²) in [6.07, 6.45) is 1.08. The van der Waals surface area contributed by atoms with Crippen LogP contribution in [0.5, 0.6) is 0 Å². The molecule has 2 N–H and O–H groups in total. The van der Waals surface area contributed by atoms with Gasteiger partial charge < -0.3 is 5.32 Å². The molecule has 112 valence electrons. The molecule has 1 aromatic carbocycles. The van der Waals surface area contributed by atoms with Gasteiger partial charge in [0.15, 0.2) is 0 Å². The van der Waals surface area contributed by atoms with E-state index in [1.807, 2.05) is 24.4 Å². The van der Waals surface area contributed by atoms with Gasteiger partial charge in [0, 0.05) is 10.6 Å². The molecule has 0 fully saturated rings.